The Hall–Kier alpha value is -3.02. The number of hydrogen-bond donors (Lipinski definition) is 1. The molecule has 0 aromatic heterocycles. The van der Waals surface area contributed by atoms with Crippen LogP contribution in [0.25, 0.3) is 0 Å². The second kappa shape index (κ2) is 9.19. The Balaban J connectivity index is 1.64. The molecule has 0 aliphatic heterocycles. The molecule has 0 saturated carbocycles. The van der Waals surface area contributed by atoms with Crippen LogP contribution in [0, 0.1) is 0 Å². The van der Waals surface area contributed by atoms with Crippen molar-refractivity contribution >= 4 is 12.1 Å². The number of amides is 1. The SMILES string of the molecule is COc1ccc(COC(=O)CNC(=O)OCc2ccccc2)cc1. The maximum absolute atomic E-state index is 11.6. The molecule has 6 nitrogen and oxygen atoms in total. The molecule has 2 aromatic rings. The number of carbonyl (C=O) groups is 2. The first-order valence-electron chi connectivity index (χ1n) is 7.40. The topological polar surface area (TPSA) is 73.9 Å². The molecule has 0 radical (unpaired) electrons. The molecule has 1 amide bonds. The zero-order chi connectivity index (χ0) is 17.2. The second-order valence-corrected chi connectivity index (χ2v) is 4.92. The summed E-state index contributed by atoms with van der Waals surface area (Å²) in [6.45, 7) is 0.0287. The molecule has 2 aromatic carbocycles. The van der Waals surface area contributed by atoms with Gasteiger partial charge in [0.25, 0.3) is 0 Å². The van der Waals surface area contributed by atoms with Crippen molar-refractivity contribution in [3.8, 4) is 5.75 Å². The van der Waals surface area contributed by atoms with E-state index in [4.69, 9.17) is 14.2 Å². The van der Waals surface area contributed by atoms with Gasteiger partial charge >= 0.3 is 12.1 Å². The smallest absolute Gasteiger partial charge is 0.407 e. The van der Waals surface area contributed by atoms with Crippen LogP contribution in [0.1, 0.15) is 11.1 Å². The molecule has 2 rings (SSSR count). The van der Waals surface area contributed by atoms with Crippen LogP contribution in [0.5, 0.6) is 5.75 Å². The van der Waals surface area contributed by atoms with Gasteiger partial charge in [-0.3, -0.25) is 4.79 Å². The Morgan fingerprint density at radius 1 is 0.875 bits per heavy atom. The number of ether oxygens (including phenoxy) is 3. The zero-order valence-corrected chi connectivity index (χ0v) is 13.4. The van der Waals surface area contributed by atoms with Crippen molar-refractivity contribution in [1.82, 2.24) is 5.32 Å². The highest BCUT2D eigenvalue weighted by Crippen LogP contribution is 2.11. The van der Waals surface area contributed by atoms with E-state index in [-0.39, 0.29) is 19.8 Å². The minimum atomic E-state index is -0.666. The summed E-state index contributed by atoms with van der Waals surface area (Å²) in [5.74, 6) is 0.190. The highest BCUT2D eigenvalue weighted by molar-refractivity contribution is 5.77. The summed E-state index contributed by atoms with van der Waals surface area (Å²) in [6, 6.07) is 16.4. The third-order valence-electron chi connectivity index (χ3n) is 3.15. The third kappa shape index (κ3) is 6.00. The Morgan fingerprint density at radius 2 is 1.50 bits per heavy atom. The molecule has 0 atom stereocenters. The van der Waals surface area contributed by atoms with E-state index in [2.05, 4.69) is 5.32 Å². The fourth-order valence-corrected chi connectivity index (χ4v) is 1.86. The Kier molecular flexibility index (Phi) is 6.64. The van der Waals surface area contributed by atoms with Gasteiger partial charge in [-0.15, -0.1) is 0 Å². The molecule has 0 heterocycles. The predicted molar refractivity (Wildman–Crippen MR) is 87.4 cm³/mol. The van der Waals surface area contributed by atoms with E-state index in [9.17, 15) is 9.59 Å². The summed E-state index contributed by atoms with van der Waals surface area (Å²) in [7, 11) is 1.58. The Morgan fingerprint density at radius 3 is 2.17 bits per heavy atom. The van der Waals surface area contributed by atoms with Gasteiger partial charge in [-0.2, -0.15) is 0 Å². The average Bonchev–Trinajstić information content (AvgIpc) is 2.64. The Bertz CT molecular complexity index is 655. The van der Waals surface area contributed by atoms with Crippen molar-refractivity contribution < 1.29 is 23.8 Å². The molecule has 0 bridgehead atoms. The number of benzene rings is 2. The van der Waals surface area contributed by atoms with Gasteiger partial charge in [0.05, 0.1) is 7.11 Å². The predicted octanol–water partition coefficient (Wildman–Crippen LogP) is 2.66. The van der Waals surface area contributed by atoms with Crippen molar-refractivity contribution in [2.45, 2.75) is 13.2 Å². The Labute approximate surface area is 140 Å². The first-order chi connectivity index (χ1) is 11.7. The molecule has 126 valence electrons. The summed E-state index contributed by atoms with van der Waals surface area (Å²) in [5, 5.41) is 2.35. The molecule has 1 N–H and O–H groups in total. The van der Waals surface area contributed by atoms with Gasteiger partial charge in [0, 0.05) is 0 Å². The van der Waals surface area contributed by atoms with Gasteiger partial charge in [0.1, 0.15) is 25.5 Å². The normalized spacial score (nSPS) is 9.88. The van der Waals surface area contributed by atoms with E-state index in [0.29, 0.717) is 0 Å². The van der Waals surface area contributed by atoms with Gasteiger partial charge in [-0.1, -0.05) is 42.5 Å². The van der Waals surface area contributed by atoms with Crippen LogP contribution < -0.4 is 10.1 Å². The molecule has 0 spiro atoms. The summed E-state index contributed by atoms with van der Waals surface area (Å²) in [4.78, 5) is 23.1. The number of carbonyl (C=O) groups excluding carboxylic acids is 2. The van der Waals surface area contributed by atoms with Gasteiger partial charge in [-0.05, 0) is 23.3 Å². The second-order valence-electron chi connectivity index (χ2n) is 4.92. The van der Waals surface area contributed by atoms with E-state index in [1.807, 2.05) is 30.3 Å². The third-order valence-corrected chi connectivity index (χ3v) is 3.15. The van der Waals surface area contributed by atoms with Gasteiger partial charge < -0.3 is 19.5 Å². The van der Waals surface area contributed by atoms with Crippen LogP contribution in [-0.2, 0) is 27.5 Å². The molecule has 0 aliphatic carbocycles. The van der Waals surface area contributed by atoms with Crippen molar-refractivity contribution in [1.29, 1.82) is 0 Å². The van der Waals surface area contributed by atoms with E-state index in [1.165, 1.54) is 0 Å². The van der Waals surface area contributed by atoms with E-state index >= 15 is 0 Å². The van der Waals surface area contributed by atoms with E-state index < -0.39 is 12.1 Å². The van der Waals surface area contributed by atoms with Gasteiger partial charge in [0.15, 0.2) is 0 Å². The lowest BCUT2D eigenvalue weighted by atomic mass is 10.2. The molecular weight excluding hydrogens is 310 g/mol. The largest absolute Gasteiger partial charge is 0.497 e. The van der Waals surface area contributed by atoms with Crippen molar-refractivity contribution in [2.75, 3.05) is 13.7 Å². The molecule has 0 saturated heterocycles. The van der Waals surface area contributed by atoms with Crippen LogP contribution in [0.2, 0.25) is 0 Å². The van der Waals surface area contributed by atoms with Crippen molar-refractivity contribution in [3.05, 3.63) is 65.7 Å². The van der Waals surface area contributed by atoms with Crippen LogP contribution >= 0.6 is 0 Å². The molecular formula is C18H19NO5. The van der Waals surface area contributed by atoms with Crippen LogP contribution in [-0.4, -0.2) is 25.7 Å². The van der Waals surface area contributed by atoms with E-state index in [0.717, 1.165) is 16.9 Å². The maximum Gasteiger partial charge on any atom is 0.407 e. The molecule has 0 unspecified atom stereocenters. The minimum Gasteiger partial charge on any atom is -0.497 e. The molecule has 0 aliphatic rings. The quantitative estimate of drug-likeness (QED) is 0.791. The number of nitrogens with one attached hydrogen (secondary N) is 1. The van der Waals surface area contributed by atoms with Gasteiger partial charge in [0.2, 0.25) is 0 Å². The highest BCUT2D eigenvalue weighted by Gasteiger charge is 2.08. The van der Waals surface area contributed by atoms with Crippen molar-refractivity contribution in [3.63, 3.8) is 0 Å². The monoisotopic (exact) mass is 329 g/mol. The van der Waals surface area contributed by atoms with Crippen LogP contribution in [0.4, 0.5) is 4.79 Å². The first kappa shape index (κ1) is 17.3. The zero-order valence-electron chi connectivity index (χ0n) is 13.4. The van der Waals surface area contributed by atoms with Gasteiger partial charge in [-0.25, -0.2) is 4.79 Å². The minimum absolute atomic E-state index is 0.129. The highest BCUT2D eigenvalue weighted by atomic mass is 16.6. The average molecular weight is 329 g/mol. The standard InChI is InChI=1S/C18H19NO5/c1-22-16-9-7-15(8-10-16)12-23-17(20)11-19-18(21)24-13-14-5-3-2-4-6-14/h2-10H,11-13H2,1H3,(H,19,21). The van der Waals surface area contributed by atoms with Crippen LogP contribution in [0.3, 0.4) is 0 Å². The summed E-state index contributed by atoms with van der Waals surface area (Å²) >= 11 is 0. The molecule has 0 fully saturated rings. The first-order valence-corrected chi connectivity index (χ1v) is 7.40. The summed E-state index contributed by atoms with van der Waals surface area (Å²) < 4.78 is 15.1. The van der Waals surface area contributed by atoms with Crippen molar-refractivity contribution in [2.24, 2.45) is 0 Å². The lowest BCUT2D eigenvalue weighted by Crippen LogP contribution is -2.31. The number of alkyl carbamates (subject to hydrolysis) is 1. The molecule has 24 heavy (non-hydrogen) atoms. The number of esters is 1. The fraction of sp³-hybridized carbons (Fsp3) is 0.222. The maximum atomic E-state index is 11.6. The molecule has 6 heteroatoms. The van der Waals surface area contributed by atoms with E-state index in [1.54, 1.807) is 31.4 Å². The number of rotatable bonds is 7. The number of methoxy groups -OCH3 is 1. The fourth-order valence-electron chi connectivity index (χ4n) is 1.86. The number of hydrogen-bond acceptors (Lipinski definition) is 5. The summed E-state index contributed by atoms with van der Waals surface area (Å²) in [5.41, 5.74) is 1.70. The van der Waals surface area contributed by atoms with Crippen LogP contribution in [0.15, 0.2) is 54.6 Å². The lowest BCUT2D eigenvalue weighted by molar-refractivity contribution is -0.143. The lowest BCUT2D eigenvalue weighted by Gasteiger charge is -2.08. The summed E-state index contributed by atoms with van der Waals surface area (Å²) in [6.07, 6.45) is -0.666.